The number of nitrogens with zero attached hydrogens (tertiary/aromatic N) is 1. The maximum Gasteiger partial charge on any atom is 0.104 e. The van der Waals surface area contributed by atoms with Crippen molar-refractivity contribution in [2.75, 3.05) is 27.3 Å². The molecule has 1 aromatic rings. The molecule has 0 spiro atoms. The quantitative estimate of drug-likeness (QED) is 0.617. The number of benzene rings is 1. The lowest BCUT2D eigenvalue weighted by Gasteiger charge is -2.17. The molecule has 1 rings (SSSR count). The molecule has 3 nitrogen and oxygen atoms in total. The van der Waals surface area contributed by atoms with Crippen LogP contribution in [0.1, 0.15) is 17.5 Å². The molecule has 0 saturated carbocycles. The predicted octanol–water partition coefficient (Wildman–Crippen LogP) is 2.44. The maximum absolute atomic E-state index is 6.21. The maximum atomic E-state index is 6.21. The van der Waals surface area contributed by atoms with E-state index in [1.807, 2.05) is 18.2 Å². The standard InChI is InChI=1S/C13H19ClN2OS/c1-16(6-3-7-17-2)9-11-5-4-10(13(15)18)8-12(11)14/h4-5,8H,3,6-7,9H2,1-2H3,(H2,15,18). The highest BCUT2D eigenvalue weighted by Gasteiger charge is 2.06. The van der Waals surface area contributed by atoms with Gasteiger partial charge >= 0.3 is 0 Å². The van der Waals surface area contributed by atoms with E-state index in [9.17, 15) is 0 Å². The largest absolute Gasteiger partial charge is 0.389 e. The average Bonchev–Trinajstić information content (AvgIpc) is 2.32. The second kappa shape index (κ2) is 7.69. The Labute approximate surface area is 119 Å². The molecule has 18 heavy (non-hydrogen) atoms. The van der Waals surface area contributed by atoms with Crippen LogP contribution in [-0.4, -0.2) is 37.2 Å². The molecule has 0 atom stereocenters. The highest BCUT2D eigenvalue weighted by atomic mass is 35.5. The minimum absolute atomic E-state index is 0.372. The third kappa shape index (κ3) is 4.90. The Morgan fingerprint density at radius 1 is 1.50 bits per heavy atom. The van der Waals surface area contributed by atoms with E-state index in [-0.39, 0.29) is 0 Å². The van der Waals surface area contributed by atoms with Gasteiger partial charge in [0, 0.05) is 37.4 Å². The number of ether oxygens (including phenoxy) is 1. The van der Waals surface area contributed by atoms with Crippen molar-refractivity contribution in [3.8, 4) is 0 Å². The van der Waals surface area contributed by atoms with Gasteiger partial charge in [-0.3, -0.25) is 0 Å². The van der Waals surface area contributed by atoms with Gasteiger partial charge in [-0.2, -0.15) is 0 Å². The number of halogens is 1. The molecule has 0 aliphatic heterocycles. The fourth-order valence-corrected chi connectivity index (χ4v) is 2.04. The van der Waals surface area contributed by atoms with Crippen molar-refractivity contribution in [1.29, 1.82) is 0 Å². The van der Waals surface area contributed by atoms with Crippen molar-refractivity contribution in [2.45, 2.75) is 13.0 Å². The van der Waals surface area contributed by atoms with Crippen LogP contribution in [0.5, 0.6) is 0 Å². The first-order valence-electron chi connectivity index (χ1n) is 5.80. The molecule has 1 aromatic carbocycles. The minimum Gasteiger partial charge on any atom is -0.389 e. The topological polar surface area (TPSA) is 38.5 Å². The Hall–Kier alpha value is -0.680. The Morgan fingerprint density at radius 2 is 2.22 bits per heavy atom. The first kappa shape index (κ1) is 15.4. The molecule has 0 fully saturated rings. The second-order valence-electron chi connectivity index (χ2n) is 4.25. The summed E-state index contributed by atoms with van der Waals surface area (Å²) in [7, 11) is 3.78. The lowest BCUT2D eigenvalue weighted by Crippen LogP contribution is -2.20. The van der Waals surface area contributed by atoms with E-state index in [2.05, 4.69) is 11.9 Å². The summed E-state index contributed by atoms with van der Waals surface area (Å²) in [5.74, 6) is 0. The van der Waals surface area contributed by atoms with Crippen LogP contribution in [0.2, 0.25) is 5.02 Å². The fraction of sp³-hybridized carbons (Fsp3) is 0.462. The van der Waals surface area contributed by atoms with E-state index in [0.717, 1.165) is 37.2 Å². The van der Waals surface area contributed by atoms with Crippen molar-refractivity contribution in [3.05, 3.63) is 34.3 Å². The summed E-state index contributed by atoms with van der Waals surface area (Å²) >= 11 is 11.1. The number of methoxy groups -OCH3 is 1. The predicted molar refractivity (Wildman–Crippen MR) is 80.2 cm³/mol. The van der Waals surface area contributed by atoms with Gasteiger partial charge in [-0.1, -0.05) is 36.0 Å². The molecule has 0 heterocycles. The second-order valence-corrected chi connectivity index (χ2v) is 5.10. The molecule has 0 unspecified atom stereocenters. The average molecular weight is 287 g/mol. The molecular formula is C13H19ClN2OS. The van der Waals surface area contributed by atoms with Crippen LogP contribution < -0.4 is 5.73 Å². The third-order valence-corrected chi connectivity index (χ3v) is 3.25. The van der Waals surface area contributed by atoms with Crippen molar-refractivity contribution >= 4 is 28.8 Å². The highest BCUT2D eigenvalue weighted by molar-refractivity contribution is 7.80. The Balaban J connectivity index is 2.59. The summed E-state index contributed by atoms with van der Waals surface area (Å²) in [6, 6.07) is 5.71. The lowest BCUT2D eigenvalue weighted by atomic mass is 10.1. The molecular weight excluding hydrogens is 268 g/mol. The highest BCUT2D eigenvalue weighted by Crippen LogP contribution is 2.19. The number of hydrogen-bond acceptors (Lipinski definition) is 3. The van der Waals surface area contributed by atoms with Crippen LogP contribution in [0, 0.1) is 0 Å². The summed E-state index contributed by atoms with van der Waals surface area (Å²) in [6.45, 7) is 2.56. The normalized spacial score (nSPS) is 10.9. The van der Waals surface area contributed by atoms with Gasteiger partial charge in [-0.05, 0) is 25.1 Å². The van der Waals surface area contributed by atoms with Gasteiger partial charge in [0.05, 0.1) is 0 Å². The molecule has 2 N–H and O–H groups in total. The zero-order chi connectivity index (χ0) is 13.5. The Bertz CT molecular complexity index is 412. The first-order valence-corrected chi connectivity index (χ1v) is 6.59. The van der Waals surface area contributed by atoms with Gasteiger partial charge in [-0.25, -0.2) is 0 Å². The lowest BCUT2D eigenvalue weighted by molar-refractivity contribution is 0.178. The number of thiocarbonyl (C=S) groups is 1. The van der Waals surface area contributed by atoms with Gasteiger partial charge < -0.3 is 15.4 Å². The van der Waals surface area contributed by atoms with Gasteiger partial charge in [-0.15, -0.1) is 0 Å². The SMILES string of the molecule is COCCCN(C)Cc1ccc(C(N)=S)cc1Cl. The van der Waals surface area contributed by atoms with Crippen LogP contribution in [0.3, 0.4) is 0 Å². The zero-order valence-corrected chi connectivity index (χ0v) is 12.4. The van der Waals surface area contributed by atoms with Crippen molar-refractivity contribution < 1.29 is 4.74 Å². The molecule has 0 amide bonds. The van der Waals surface area contributed by atoms with Crippen molar-refractivity contribution in [2.24, 2.45) is 5.73 Å². The van der Waals surface area contributed by atoms with Crippen molar-refractivity contribution in [1.82, 2.24) is 4.90 Å². The third-order valence-electron chi connectivity index (χ3n) is 2.67. The summed E-state index contributed by atoms with van der Waals surface area (Å²) in [6.07, 6.45) is 1.01. The summed E-state index contributed by atoms with van der Waals surface area (Å²) in [4.78, 5) is 2.58. The van der Waals surface area contributed by atoms with Crippen LogP contribution in [0.25, 0.3) is 0 Å². The van der Waals surface area contributed by atoms with Gasteiger partial charge in [0.1, 0.15) is 4.99 Å². The molecule has 5 heteroatoms. The fourth-order valence-electron chi connectivity index (χ4n) is 1.68. The van der Waals surface area contributed by atoms with E-state index in [0.29, 0.717) is 10.0 Å². The van der Waals surface area contributed by atoms with Crippen LogP contribution in [0.4, 0.5) is 0 Å². The van der Waals surface area contributed by atoms with Gasteiger partial charge in [0.2, 0.25) is 0 Å². The minimum atomic E-state index is 0.372. The van der Waals surface area contributed by atoms with Crippen LogP contribution >= 0.6 is 23.8 Å². The summed E-state index contributed by atoms with van der Waals surface area (Å²) in [5, 5.41) is 0.707. The first-order chi connectivity index (χ1) is 8.54. The van der Waals surface area contributed by atoms with E-state index in [1.165, 1.54) is 0 Å². The summed E-state index contributed by atoms with van der Waals surface area (Å²) < 4.78 is 5.03. The molecule has 0 radical (unpaired) electrons. The molecule has 0 aliphatic carbocycles. The molecule has 100 valence electrons. The van der Waals surface area contributed by atoms with E-state index in [4.69, 9.17) is 34.3 Å². The Morgan fingerprint density at radius 3 is 2.78 bits per heavy atom. The van der Waals surface area contributed by atoms with Crippen molar-refractivity contribution in [3.63, 3.8) is 0 Å². The molecule has 0 bridgehead atoms. The van der Waals surface area contributed by atoms with E-state index in [1.54, 1.807) is 7.11 Å². The van der Waals surface area contributed by atoms with Gasteiger partial charge in [0.25, 0.3) is 0 Å². The smallest absolute Gasteiger partial charge is 0.104 e. The number of nitrogens with two attached hydrogens (primary N) is 1. The van der Waals surface area contributed by atoms with Crippen LogP contribution in [-0.2, 0) is 11.3 Å². The molecule has 0 aliphatic rings. The zero-order valence-electron chi connectivity index (χ0n) is 10.8. The number of rotatable bonds is 7. The van der Waals surface area contributed by atoms with E-state index < -0.39 is 0 Å². The molecule has 0 aromatic heterocycles. The Kier molecular flexibility index (Phi) is 6.57. The van der Waals surface area contributed by atoms with Crippen LogP contribution in [0.15, 0.2) is 18.2 Å². The van der Waals surface area contributed by atoms with Gasteiger partial charge in [0.15, 0.2) is 0 Å². The summed E-state index contributed by atoms with van der Waals surface area (Å²) in [5.41, 5.74) is 7.45. The molecule has 0 saturated heterocycles. The number of hydrogen-bond donors (Lipinski definition) is 1. The van der Waals surface area contributed by atoms with E-state index >= 15 is 0 Å². The monoisotopic (exact) mass is 286 g/mol.